The topological polar surface area (TPSA) is 86.3 Å². The minimum absolute atomic E-state index is 0.0214. The van der Waals surface area contributed by atoms with E-state index in [0.29, 0.717) is 10.8 Å². The third kappa shape index (κ3) is 6.63. The Kier molecular flexibility index (Phi) is 8.27. The number of halogens is 4. The summed E-state index contributed by atoms with van der Waals surface area (Å²) in [5, 5.41) is 3.11. The van der Waals surface area contributed by atoms with Crippen molar-refractivity contribution >= 4 is 29.2 Å². The number of ether oxygens (including phenoxy) is 4. The number of likely N-dealkylation sites (tertiary alicyclic amines) is 1. The molecule has 1 spiro atoms. The first-order chi connectivity index (χ1) is 18.0. The Morgan fingerprint density at radius 3 is 2.61 bits per heavy atom. The summed E-state index contributed by atoms with van der Waals surface area (Å²) in [5.74, 6) is -1.75. The smallest absolute Gasteiger partial charge is 0.490 e. The third-order valence-corrected chi connectivity index (χ3v) is 6.94. The van der Waals surface area contributed by atoms with Gasteiger partial charge in [0, 0.05) is 49.5 Å². The number of amides is 1. The molecule has 2 aromatic carbocycles. The van der Waals surface area contributed by atoms with E-state index in [1.165, 1.54) is 13.2 Å². The molecule has 1 unspecified atom stereocenters. The van der Waals surface area contributed by atoms with Crippen LogP contribution in [0.4, 0.5) is 18.9 Å². The summed E-state index contributed by atoms with van der Waals surface area (Å²) in [6, 6.07) is 10.3. The average Bonchev–Trinajstić information content (AvgIpc) is 3.22. The SMILES string of the molecule is COc1ccc(NC(=O)COC(=O)C(F)(F)F)c(OCC(C)N2CCC3(CC2)Cc2cc(Cl)ccc2O3)c1. The van der Waals surface area contributed by atoms with Crippen molar-refractivity contribution in [2.24, 2.45) is 0 Å². The molecule has 38 heavy (non-hydrogen) atoms. The zero-order valence-electron chi connectivity index (χ0n) is 20.9. The number of rotatable bonds is 8. The molecule has 1 amide bonds. The number of benzene rings is 2. The molecule has 2 aliphatic rings. The molecular formula is C26H28ClF3N2O6. The molecule has 206 valence electrons. The Labute approximate surface area is 222 Å². The molecule has 2 aromatic rings. The number of alkyl halides is 3. The van der Waals surface area contributed by atoms with Crippen LogP contribution < -0.4 is 19.5 Å². The van der Waals surface area contributed by atoms with Gasteiger partial charge in [-0.3, -0.25) is 9.69 Å². The highest BCUT2D eigenvalue weighted by atomic mass is 35.5. The number of fused-ring (bicyclic) bond motifs is 1. The standard InChI is InChI=1S/C26H28ClF3N2O6/c1-16(32-9-7-25(8-10-32)13-17-11-18(27)3-6-21(17)38-25)14-36-22-12-19(35-2)4-5-20(22)31-23(33)15-37-24(34)26(28,29)30/h3-6,11-12,16H,7-10,13-15H2,1-2H3,(H,31,33). The van der Waals surface area contributed by atoms with Crippen LogP contribution in [0.1, 0.15) is 25.3 Å². The molecule has 2 heterocycles. The van der Waals surface area contributed by atoms with Crippen LogP contribution in [0.2, 0.25) is 5.02 Å². The summed E-state index contributed by atoms with van der Waals surface area (Å²) < 4.78 is 58.5. The average molecular weight is 557 g/mol. The lowest BCUT2D eigenvalue weighted by atomic mass is 9.86. The van der Waals surface area contributed by atoms with Crippen LogP contribution in [0, 0.1) is 0 Å². The van der Waals surface area contributed by atoms with Crippen LogP contribution in [-0.4, -0.2) is 68.0 Å². The number of piperidine rings is 1. The molecule has 0 saturated carbocycles. The van der Waals surface area contributed by atoms with E-state index in [1.807, 2.05) is 25.1 Å². The van der Waals surface area contributed by atoms with E-state index in [1.54, 1.807) is 12.1 Å². The number of esters is 1. The maximum absolute atomic E-state index is 12.3. The van der Waals surface area contributed by atoms with E-state index in [-0.39, 0.29) is 29.7 Å². The molecule has 1 fully saturated rings. The Morgan fingerprint density at radius 1 is 1.18 bits per heavy atom. The second-order valence-corrected chi connectivity index (χ2v) is 9.83. The van der Waals surface area contributed by atoms with Crippen molar-refractivity contribution in [3.05, 3.63) is 47.0 Å². The van der Waals surface area contributed by atoms with E-state index in [4.69, 9.17) is 25.8 Å². The first-order valence-corrected chi connectivity index (χ1v) is 12.4. The molecular weight excluding hydrogens is 529 g/mol. The van der Waals surface area contributed by atoms with Crippen molar-refractivity contribution < 1.29 is 41.7 Å². The Balaban J connectivity index is 1.31. The number of hydrogen-bond donors (Lipinski definition) is 1. The number of nitrogens with zero attached hydrogens (tertiary/aromatic N) is 1. The number of carbonyl (C=O) groups excluding carboxylic acids is 2. The van der Waals surface area contributed by atoms with Crippen LogP contribution in [0.15, 0.2) is 36.4 Å². The number of anilines is 1. The van der Waals surface area contributed by atoms with Gasteiger partial charge in [-0.15, -0.1) is 0 Å². The van der Waals surface area contributed by atoms with Gasteiger partial charge in [0.2, 0.25) is 0 Å². The van der Waals surface area contributed by atoms with Crippen molar-refractivity contribution in [2.45, 2.75) is 44.0 Å². The molecule has 1 N–H and O–H groups in total. The van der Waals surface area contributed by atoms with E-state index in [2.05, 4.69) is 15.0 Å². The Hall–Kier alpha value is -3.18. The number of hydrogen-bond acceptors (Lipinski definition) is 7. The number of methoxy groups -OCH3 is 1. The lowest BCUT2D eigenvalue weighted by molar-refractivity contribution is -0.199. The Morgan fingerprint density at radius 2 is 1.92 bits per heavy atom. The van der Waals surface area contributed by atoms with Gasteiger partial charge in [-0.1, -0.05) is 11.6 Å². The second-order valence-electron chi connectivity index (χ2n) is 9.39. The van der Waals surface area contributed by atoms with Gasteiger partial charge in [-0.2, -0.15) is 13.2 Å². The van der Waals surface area contributed by atoms with E-state index >= 15 is 0 Å². The largest absolute Gasteiger partial charge is 0.497 e. The molecule has 1 saturated heterocycles. The molecule has 12 heteroatoms. The predicted molar refractivity (Wildman–Crippen MR) is 133 cm³/mol. The van der Waals surface area contributed by atoms with Crippen LogP contribution in [0.3, 0.4) is 0 Å². The minimum Gasteiger partial charge on any atom is -0.497 e. The molecule has 4 rings (SSSR count). The van der Waals surface area contributed by atoms with Gasteiger partial charge in [0.15, 0.2) is 6.61 Å². The molecule has 0 aliphatic carbocycles. The summed E-state index contributed by atoms with van der Waals surface area (Å²) in [4.78, 5) is 25.2. The molecule has 2 aliphatic heterocycles. The van der Waals surface area contributed by atoms with Crippen molar-refractivity contribution in [3.8, 4) is 17.2 Å². The molecule has 0 aromatic heterocycles. The van der Waals surface area contributed by atoms with Gasteiger partial charge in [-0.25, -0.2) is 4.79 Å². The van der Waals surface area contributed by atoms with E-state index in [0.717, 1.165) is 43.7 Å². The van der Waals surface area contributed by atoms with E-state index in [9.17, 15) is 22.8 Å². The van der Waals surface area contributed by atoms with Gasteiger partial charge in [0.05, 0.1) is 12.8 Å². The van der Waals surface area contributed by atoms with Crippen molar-refractivity contribution in [3.63, 3.8) is 0 Å². The third-order valence-electron chi connectivity index (χ3n) is 6.70. The van der Waals surface area contributed by atoms with Gasteiger partial charge in [0.25, 0.3) is 5.91 Å². The first kappa shape index (κ1) is 27.8. The highest BCUT2D eigenvalue weighted by Crippen LogP contribution is 2.42. The zero-order valence-corrected chi connectivity index (χ0v) is 21.7. The van der Waals surface area contributed by atoms with Crippen molar-refractivity contribution in [2.75, 3.05) is 38.7 Å². The Bertz CT molecular complexity index is 1180. The fraction of sp³-hybridized carbons (Fsp3) is 0.462. The normalized spacial score (nSPS) is 17.3. The predicted octanol–water partition coefficient (Wildman–Crippen LogP) is 4.63. The molecule has 0 bridgehead atoms. The van der Waals surface area contributed by atoms with Gasteiger partial charge >= 0.3 is 12.1 Å². The minimum atomic E-state index is -5.18. The van der Waals surface area contributed by atoms with Gasteiger partial charge in [-0.05, 0) is 42.8 Å². The maximum Gasteiger partial charge on any atom is 0.490 e. The fourth-order valence-corrected chi connectivity index (χ4v) is 4.82. The first-order valence-electron chi connectivity index (χ1n) is 12.0. The number of carbonyl (C=O) groups is 2. The zero-order chi connectivity index (χ0) is 27.5. The van der Waals surface area contributed by atoms with E-state index < -0.39 is 24.7 Å². The summed E-state index contributed by atoms with van der Waals surface area (Å²) in [6.07, 6.45) is -2.66. The van der Waals surface area contributed by atoms with Crippen molar-refractivity contribution in [1.82, 2.24) is 4.90 Å². The monoisotopic (exact) mass is 556 g/mol. The van der Waals surface area contributed by atoms with Gasteiger partial charge in [0.1, 0.15) is 29.5 Å². The summed E-state index contributed by atoms with van der Waals surface area (Å²) >= 11 is 6.13. The second kappa shape index (κ2) is 11.3. The quantitative estimate of drug-likeness (QED) is 0.475. The molecule has 1 atom stereocenters. The van der Waals surface area contributed by atoms with Crippen LogP contribution >= 0.6 is 11.6 Å². The van der Waals surface area contributed by atoms with Gasteiger partial charge < -0.3 is 24.3 Å². The van der Waals surface area contributed by atoms with Crippen LogP contribution in [0.25, 0.3) is 0 Å². The highest BCUT2D eigenvalue weighted by molar-refractivity contribution is 6.30. The molecule has 0 radical (unpaired) electrons. The fourth-order valence-electron chi connectivity index (χ4n) is 4.62. The maximum atomic E-state index is 12.3. The number of nitrogens with one attached hydrogen (secondary N) is 1. The molecule has 8 nitrogen and oxygen atoms in total. The lowest BCUT2D eigenvalue weighted by Crippen LogP contribution is -2.51. The summed E-state index contributed by atoms with van der Waals surface area (Å²) in [5.41, 5.74) is 1.10. The highest BCUT2D eigenvalue weighted by Gasteiger charge is 2.43. The van der Waals surface area contributed by atoms with Crippen molar-refractivity contribution in [1.29, 1.82) is 0 Å². The summed E-state index contributed by atoms with van der Waals surface area (Å²) in [7, 11) is 1.47. The lowest BCUT2D eigenvalue weighted by Gasteiger charge is -2.41. The summed E-state index contributed by atoms with van der Waals surface area (Å²) in [6.45, 7) is 2.82. The van der Waals surface area contributed by atoms with Crippen LogP contribution in [-0.2, 0) is 20.7 Å². The van der Waals surface area contributed by atoms with Crippen LogP contribution in [0.5, 0.6) is 17.2 Å².